The minimum atomic E-state index is -3.72. The lowest BCUT2D eigenvalue weighted by Crippen LogP contribution is -2.37. The number of rotatable bonds is 5. The van der Waals surface area contributed by atoms with Gasteiger partial charge in [-0.15, -0.1) is 11.3 Å². The number of nitro benzene ring substituents is 1. The molecule has 3 rings (SSSR count). The van der Waals surface area contributed by atoms with Crippen LogP contribution in [-0.4, -0.2) is 35.7 Å². The molecule has 2 aromatic rings. The van der Waals surface area contributed by atoms with Crippen LogP contribution in [0.15, 0.2) is 37.7 Å². The van der Waals surface area contributed by atoms with Gasteiger partial charge in [0.2, 0.25) is 10.0 Å². The van der Waals surface area contributed by atoms with Crippen molar-refractivity contribution in [2.24, 2.45) is 5.92 Å². The van der Waals surface area contributed by atoms with E-state index in [0.29, 0.717) is 28.2 Å². The molecule has 1 aromatic heterocycles. The van der Waals surface area contributed by atoms with Gasteiger partial charge < -0.3 is 0 Å². The van der Waals surface area contributed by atoms with Gasteiger partial charge in [0, 0.05) is 30.2 Å². The zero-order valence-corrected chi connectivity index (χ0v) is 16.9. The molecule has 0 N–H and O–H groups in total. The number of aryl methyl sites for hydroxylation is 1. The van der Waals surface area contributed by atoms with Crippen molar-refractivity contribution in [1.82, 2.24) is 9.29 Å². The monoisotopic (exact) mass is 413 g/mol. The molecule has 1 fully saturated rings. The first kappa shape index (κ1) is 19.3. The first-order chi connectivity index (χ1) is 12.3. The predicted octanol–water partition coefficient (Wildman–Crippen LogP) is 3.93. The number of sulfonamides is 1. The maximum absolute atomic E-state index is 12.8. The van der Waals surface area contributed by atoms with E-state index in [1.54, 1.807) is 0 Å². The zero-order chi connectivity index (χ0) is 18.9. The van der Waals surface area contributed by atoms with Crippen molar-refractivity contribution < 1.29 is 13.3 Å². The Morgan fingerprint density at radius 2 is 2.04 bits per heavy atom. The van der Waals surface area contributed by atoms with E-state index in [-0.39, 0.29) is 10.6 Å². The number of piperidine rings is 1. The second kappa shape index (κ2) is 7.63. The molecule has 140 valence electrons. The maximum Gasteiger partial charge on any atom is 0.284 e. The molecule has 0 atom stereocenters. The Morgan fingerprint density at radius 1 is 1.35 bits per heavy atom. The Labute approximate surface area is 160 Å². The summed E-state index contributed by atoms with van der Waals surface area (Å²) in [5.74, 6) is 0.497. The Balaban J connectivity index is 1.91. The zero-order valence-electron chi connectivity index (χ0n) is 14.4. The standard InChI is InChI=1S/C16H19N3O4S3/c1-11-5-7-18(8-6-11)26(22,23)13-3-4-15(14(9-13)19(20)21)25-16-17-12(2)10-24-16/h3-4,9-11H,5-8H2,1-2H3. The summed E-state index contributed by atoms with van der Waals surface area (Å²) in [7, 11) is -3.72. The van der Waals surface area contributed by atoms with Gasteiger partial charge in [0.05, 0.1) is 14.7 Å². The smallest absolute Gasteiger partial charge is 0.258 e. The van der Waals surface area contributed by atoms with Crippen LogP contribution in [0.25, 0.3) is 0 Å². The van der Waals surface area contributed by atoms with E-state index >= 15 is 0 Å². The molecular weight excluding hydrogens is 394 g/mol. The van der Waals surface area contributed by atoms with Crippen LogP contribution in [0, 0.1) is 23.0 Å². The van der Waals surface area contributed by atoms with Crippen LogP contribution in [0.1, 0.15) is 25.5 Å². The molecule has 0 spiro atoms. The lowest BCUT2D eigenvalue weighted by Gasteiger charge is -2.29. The Morgan fingerprint density at radius 3 is 2.62 bits per heavy atom. The summed E-state index contributed by atoms with van der Waals surface area (Å²) in [5, 5.41) is 13.3. The van der Waals surface area contributed by atoms with Gasteiger partial charge in [0.25, 0.3) is 5.69 Å². The van der Waals surface area contributed by atoms with Gasteiger partial charge in [0.15, 0.2) is 4.34 Å². The SMILES string of the molecule is Cc1csc(Sc2ccc(S(=O)(=O)N3CCC(C)CC3)cc2[N+](=O)[O-])n1. The van der Waals surface area contributed by atoms with Crippen molar-refractivity contribution in [3.05, 3.63) is 39.4 Å². The molecule has 0 radical (unpaired) electrons. The largest absolute Gasteiger partial charge is 0.284 e. The van der Waals surface area contributed by atoms with Crippen molar-refractivity contribution in [3.63, 3.8) is 0 Å². The van der Waals surface area contributed by atoms with Crippen molar-refractivity contribution in [2.45, 2.75) is 40.8 Å². The quantitative estimate of drug-likeness (QED) is 0.544. The molecule has 0 saturated carbocycles. The van der Waals surface area contributed by atoms with Gasteiger partial charge in [-0.05, 0) is 37.8 Å². The number of nitro groups is 1. The number of hydrogen-bond donors (Lipinski definition) is 0. The lowest BCUT2D eigenvalue weighted by atomic mass is 10.0. The Kier molecular flexibility index (Phi) is 5.66. The van der Waals surface area contributed by atoms with E-state index in [1.165, 1.54) is 39.5 Å². The molecule has 1 aromatic carbocycles. The summed E-state index contributed by atoms with van der Waals surface area (Å²) in [6.07, 6.45) is 1.61. The van der Waals surface area contributed by atoms with E-state index in [2.05, 4.69) is 11.9 Å². The molecule has 1 aliphatic rings. The minimum Gasteiger partial charge on any atom is -0.258 e. The molecule has 7 nitrogen and oxygen atoms in total. The van der Waals surface area contributed by atoms with Crippen LogP contribution < -0.4 is 0 Å². The van der Waals surface area contributed by atoms with Crippen LogP contribution in [0.2, 0.25) is 0 Å². The molecule has 10 heteroatoms. The number of benzene rings is 1. The second-order valence-corrected chi connectivity index (χ2v) is 10.4. The van der Waals surface area contributed by atoms with Crippen LogP contribution in [0.3, 0.4) is 0 Å². The van der Waals surface area contributed by atoms with Gasteiger partial charge in [-0.1, -0.05) is 18.7 Å². The number of aromatic nitrogens is 1. The fourth-order valence-electron chi connectivity index (χ4n) is 2.73. The number of nitrogens with zero attached hydrogens (tertiary/aromatic N) is 3. The normalized spacial score (nSPS) is 16.7. The molecular formula is C16H19N3O4S3. The number of thiazole rings is 1. The van der Waals surface area contributed by atoms with Gasteiger partial charge >= 0.3 is 0 Å². The number of hydrogen-bond acceptors (Lipinski definition) is 7. The fraction of sp³-hybridized carbons (Fsp3) is 0.438. The third kappa shape index (κ3) is 4.08. The van der Waals surface area contributed by atoms with Gasteiger partial charge in [-0.25, -0.2) is 13.4 Å². The highest BCUT2D eigenvalue weighted by atomic mass is 32.2. The summed E-state index contributed by atoms with van der Waals surface area (Å²) in [4.78, 5) is 15.6. The molecule has 0 bridgehead atoms. The molecule has 2 heterocycles. The first-order valence-electron chi connectivity index (χ1n) is 8.16. The summed E-state index contributed by atoms with van der Waals surface area (Å²) in [5.41, 5.74) is 0.632. The highest BCUT2D eigenvalue weighted by molar-refractivity contribution is 8.01. The summed E-state index contributed by atoms with van der Waals surface area (Å²) in [6.45, 7) is 4.85. The molecule has 0 unspecified atom stereocenters. The second-order valence-electron chi connectivity index (χ2n) is 6.33. The first-order valence-corrected chi connectivity index (χ1v) is 11.3. The summed E-state index contributed by atoms with van der Waals surface area (Å²) in [6, 6.07) is 4.11. The van der Waals surface area contributed by atoms with Gasteiger partial charge in [-0.3, -0.25) is 10.1 Å². The van der Waals surface area contributed by atoms with E-state index < -0.39 is 14.9 Å². The van der Waals surface area contributed by atoms with Gasteiger partial charge in [-0.2, -0.15) is 4.31 Å². The van der Waals surface area contributed by atoms with Crippen molar-refractivity contribution in [3.8, 4) is 0 Å². The van der Waals surface area contributed by atoms with Crippen molar-refractivity contribution in [2.75, 3.05) is 13.1 Å². The molecule has 1 saturated heterocycles. The van der Waals surface area contributed by atoms with E-state index in [1.807, 2.05) is 12.3 Å². The van der Waals surface area contributed by atoms with Crippen LogP contribution in [0.5, 0.6) is 0 Å². The van der Waals surface area contributed by atoms with Crippen molar-refractivity contribution >= 4 is 38.8 Å². The highest BCUT2D eigenvalue weighted by Crippen LogP contribution is 2.38. The summed E-state index contributed by atoms with van der Waals surface area (Å²) >= 11 is 2.58. The molecule has 26 heavy (non-hydrogen) atoms. The molecule has 0 amide bonds. The predicted molar refractivity (Wildman–Crippen MR) is 101 cm³/mol. The van der Waals surface area contributed by atoms with E-state index in [0.717, 1.165) is 24.6 Å². The van der Waals surface area contributed by atoms with E-state index in [9.17, 15) is 18.5 Å². The third-order valence-electron chi connectivity index (χ3n) is 4.30. The van der Waals surface area contributed by atoms with Crippen LogP contribution in [-0.2, 0) is 10.0 Å². The molecule has 0 aliphatic carbocycles. The molecule has 1 aliphatic heterocycles. The van der Waals surface area contributed by atoms with Crippen molar-refractivity contribution in [1.29, 1.82) is 0 Å². The van der Waals surface area contributed by atoms with Crippen LogP contribution >= 0.6 is 23.1 Å². The Hall–Kier alpha value is -1.49. The minimum absolute atomic E-state index is 0.0292. The van der Waals surface area contributed by atoms with Crippen LogP contribution in [0.4, 0.5) is 5.69 Å². The third-order valence-corrected chi connectivity index (χ3v) is 8.32. The highest BCUT2D eigenvalue weighted by Gasteiger charge is 2.30. The topological polar surface area (TPSA) is 93.4 Å². The average Bonchev–Trinajstić information content (AvgIpc) is 3.00. The Bertz CT molecular complexity index is 919. The average molecular weight is 414 g/mol. The summed E-state index contributed by atoms with van der Waals surface area (Å²) < 4.78 is 27.8. The van der Waals surface area contributed by atoms with Gasteiger partial charge in [0.1, 0.15) is 0 Å². The maximum atomic E-state index is 12.8. The lowest BCUT2D eigenvalue weighted by molar-refractivity contribution is -0.388. The van der Waals surface area contributed by atoms with E-state index in [4.69, 9.17) is 0 Å². The fourth-order valence-corrected chi connectivity index (χ4v) is 6.10.